The van der Waals surface area contributed by atoms with E-state index in [-0.39, 0.29) is 5.91 Å². The second kappa shape index (κ2) is 7.69. The van der Waals surface area contributed by atoms with E-state index in [4.69, 9.17) is 4.98 Å². The lowest BCUT2D eigenvalue weighted by molar-refractivity contribution is -0.111. The minimum Gasteiger partial charge on any atom is -0.356 e. The predicted octanol–water partition coefficient (Wildman–Crippen LogP) is 3.77. The van der Waals surface area contributed by atoms with Crippen LogP contribution in [0.5, 0.6) is 0 Å². The van der Waals surface area contributed by atoms with Crippen molar-refractivity contribution in [3.63, 3.8) is 0 Å². The Labute approximate surface area is 161 Å². The van der Waals surface area contributed by atoms with Crippen LogP contribution in [0.15, 0.2) is 36.9 Å². The summed E-state index contributed by atoms with van der Waals surface area (Å²) in [7, 11) is 2.19. The van der Waals surface area contributed by atoms with Gasteiger partial charge in [0, 0.05) is 35.8 Å². The van der Waals surface area contributed by atoms with E-state index in [0.717, 1.165) is 55.9 Å². The van der Waals surface area contributed by atoms with Crippen molar-refractivity contribution in [2.75, 3.05) is 43.4 Å². The van der Waals surface area contributed by atoms with Crippen LogP contribution in [0.1, 0.15) is 37.3 Å². The molecule has 2 aliphatic heterocycles. The zero-order valence-electron chi connectivity index (χ0n) is 16.1. The molecule has 3 heterocycles. The van der Waals surface area contributed by atoms with Gasteiger partial charge in [-0.05, 0) is 81.5 Å². The van der Waals surface area contributed by atoms with Crippen LogP contribution < -0.4 is 10.2 Å². The topological polar surface area (TPSA) is 48.5 Å². The third-order valence-electron chi connectivity index (χ3n) is 5.83. The molecular formula is C22H28N4O. The van der Waals surface area contributed by atoms with Crippen LogP contribution in [-0.4, -0.2) is 49.0 Å². The SMILES string of the molecule is C=CC(=O)Nc1ccc2c(N3CCCC3)nc(C3CCN(C)CC3)cc2c1. The number of anilines is 2. The number of benzene rings is 1. The molecule has 2 aromatic rings. The summed E-state index contributed by atoms with van der Waals surface area (Å²) in [5.74, 6) is 1.44. The highest BCUT2D eigenvalue weighted by molar-refractivity contribution is 6.01. The normalized spacial score (nSPS) is 18.8. The van der Waals surface area contributed by atoms with Gasteiger partial charge < -0.3 is 15.1 Å². The lowest BCUT2D eigenvalue weighted by atomic mass is 9.92. The van der Waals surface area contributed by atoms with Gasteiger partial charge in [0.05, 0.1) is 0 Å². The Hall–Kier alpha value is -2.40. The van der Waals surface area contributed by atoms with Crippen LogP contribution in [0.2, 0.25) is 0 Å². The largest absolute Gasteiger partial charge is 0.356 e. The molecule has 0 spiro atoms. The van der Waals surface area contributed by atoms with Gasteiger partial charge >= 0.3 is 0 Å². The lowest BCUT2D eigenvalue weighted by Gasteiger charge is -2.29. The first-order chi connectivity index (χ1) is 13.1. The second-order valence-electron chi connectivity index (χ2n) is 7.77. The van der Waals surface area contributed by atoms with Crippen LogP contribution in [0.25, 0.3) is 10.8 Å². The number of amides is 1. The molecule has 2 saturated heterocycles. The van der Waals surface area contributed by atoms with Crippen LogP contribution in [0, 0.1) is 0 Å². The summed E-state index contributed by atoms with van der Waals surface area (Å²) in [6.45, 7) is 7.94. The van der Waals surface area contributed by atoms with E-state index >= 15 is 0 Å². The standard InChI is InChI=1S/C22H28N4O/c1-3-21(27)23-18-6-7-19-17(14-18)15-20(16-8-12-25(2)13-9-16)24-22(19)26-10-4-5-11-26/h3,6-7,14-16H,1,4-5,8-13H2,2H3,(H,23,27). The highest BCUT2D eigenvalue weighted by atomic mass is 16.1. The second-order valence-corrected chi connectivity index (χ2v) is 7.77. The maximum absolute atomic E-state index is 11.7. The van der Waals surface area contributed by atoms with E-state index in [1.165, 1.54) is 30.0 Å². The number of rotatable bonds is 4. The molecule has 1 aromatic heterocycles. The molecule has 0 unspecified atom stereocenters. The molecule has 0 saturated carbocycles. The number of carbonyl (C=O) groups is 1. The Morgan fingerprint density at radius 1 is 1.19 bits per heavy atom. The monoisotopic (exact) mass is 364 g/mol. The van der Waals surface area contributed by atoms with Gasteiger partial charge in [-0.1, -0.05) is 6.58 Å². The predicted molar refractivity (Wildman–Crippen MR) is 111 cm³/mol. The number of piperidine rings is 1. The zero-order valence-corrected chi connectivity index (χ0v) is 16.1. The Balaban J connectivity index is 1.75. The third-order valence-corrected chi connectivity index (χ3v) is 5.83. The summed E-state index contributed by atoms with van der Waals surface area (Å²) in [5.41, 5.74) is 2.00. The van der Waals surface area contributed by atoms with Crippen molar-refractivity contribution >= 4 is 28.2 Å². The zero-order chi connectivity index (χ0) is 18.8. The number of hydrogen-bond donors (Lipinski definition) is 1. The maximum Gasteiger partial charge on any atom is 0.247 e. The van der Waals surface area contributed by atoms with Crippen molar-refractivity contribution < 1.29 is 4.79 Å². The van der Waals surface area contributed by atoms with Crippen LogP contribution in [-0.2, 0) is 4.79 Å². The molecule has 2 fully saturated rings. The first-order valence-corrected chi connectivity index (χ1v) is 9.95. The number of likely N-dealkylation sites (tertiary alicyclic amines) is 1. The third kappa shape index (κ3) is 3.83. The summed E-state index contributed by atoms with van der Waals surface area (Å²) in [6, 6.07) is 8.35. The molecule has 0 bridgehead atoms. The number of pyridine rings is 1. The van der Waals surface area contributed by atoms with E-state index in [1.807, 2.05) is 6.07 Å². The van der Waals surface area contributed by atoms with Gasteiger partial charge in [-0.3, -0.25) is 4.79 Å². The van der Waals surface area contributed by atoms with Gasteiger partial charge in [-0.2, -0.15) is 0 Å². The summed E-state index contributed by atoms with van der Waals surface area (Å²) >= 11 is 0. The molecule has 0 radical (unpaired) electrons. The molecule has 5 heteroatoms. The molecular weight excluding hydrogens is 336 g/mol. The van der Waals surface area contributed by atoms with Gasteiger partial charge in [0.25, 0.3) is 0 Å². The summed E-state index contributed by atoms with van der Waals surface area (Å²) in [6.07, 6.45) is 6.07. The van der Waals surface area contributed by atoms with Gasteiger partial charge in [0.1, 0.15) is 5.82 Å². The molecule has 27 heavy (non-hydrogen) atoms. The molecule has 1 N–H and O–H groups in total. The number of hydrogen-bond acceptors (Lipinski definition) is 4. The van der Waals surface area contributed by atoms with Crippen molar-refractivity contribution in [2.45, 2.75) is 31.6 Å². The molecule has 0 aliphatic carbocycles. The Bertz CT molecular complexity index is 849. The fourth-order valence-electron chi connectivity index (χ4n) is 4.21. The Morgan fingerprint density at radius 2 is 1.93 bits per heavy atom. The lowest BCUT2D eigenvalue weighted by Crippen LogP contribution is -2.30. The number of nitrogens with one attached hydrogen (secondary N) is 1. The van der Waals surface area contributed by atoms with Crippen molar-refractivity contribution in [3.8, 4) is 0 Å². The first kappa shape index (κ1) is 18.0. The quantitative estimate of drug-likeness (QED) is 0.839. The molecule has 1 aromatic carbocycles. The average Bonchev–Trinajstić information content (AvgIpc) is 3.22. The molecule has 4 rings (SSSR count). The highest BCUT2D eigenvalue weighted by Gasteiger charge is 2.23. The minimum atomic E-state index is -0.182. The molecule has 0 atom stereocenters. The number of aromatic nitrogens is 1. The van der Waals surface area contributed by atoms with Crippen molar-refractivity contribution in [1.82, 2.24) is 9.88 Å². The molecule has 142 valence electrons. The average molecular weight is 364 g/mol. The maximum atomic E-state index is 11.7. The van der Waals surface area contributed by atoms with Crippen LogP contribution >= 0.6 is 0 Å². The fourth-order valence-corrected chi connectivity index (χ4v) is 4.21. The van der Waals surface area contributed by atoms with Crippen molar-refractivity contribution in [1.29, 1.82) is 0 Å². The van der Waals surface area contributed by atoms with Crippen LogP contribution in [0.4, 0.5) is 11.5 Å². The van der Waals surface area contributed by atoms with Gasteiger partial charge in [-0.15, -0.1) is 0 Å². The number of fused-ring (bicyclic) bond motifs is 1. The Morgan fingerprint density at radius 3 is 2.63 bits per heavy atom. The molecule has 1 amide bonds. The number of nitrogens with zero attached hydrogens (tertiary/aromatic N) is 3. The van der Waals surface area contributed by atoms with Crippen molar-refractivity contribution in [2.24, 2.45) is 0 Å². The van der Waals surface area contributed by atoms with E-state index in [0.29, 0.717) is 5.92 Å². The van der Waals surface area contributed by atoms with Gasteiger partial charge in [-0.25, -0.2) is 4.98 Å². The van der Waals surface area contributed by atoms with Gasteiger partial charge in [0.2, 0.25) is 5.91 Å². The van der Waals surface area contributed by atoms with E-state index < -0.39 is 0 Å². The van der Waals surface area contributed by atoms with E-state index in [9.17, 15) is 4.79 Å². The minimum absolute atomic E-state index is 0.182. The summed E-state index contributed by atoms with van der Waals surface area (Å²) in [5, 5.41) is 5.21. The van der Waals surface area contributed by atoms with Crippen LogP contribution in [0.3, 0.4) is 0 Å². The van der Waals surface area contributed by atoms with E-state index in [2.05, 4.69) is 46.9 Å². The molecule has 2 aliphatic rings. The smallest absolute Gasteiger partial charge is 0.247 e. The summed E-state index contributed by atoms with van der Waals surface area (Å²) < 4.78 is 0. The highest BCUT2D eigenvalue weighted by Crippen LogP contribution is 2.35. The molecule has 5 nitrogen and oxygen atoms in total. The number of carbonyl (C=O) groups excluding carboxylic acids is 1. The first-order valence-electron chi connectivity index (χ1n) is 9.95. The van der Waals surface area contributed by atoms with Gasteiger partial charge in [0.15, 0.2) is 0 Å². The van der Waals surface area contributed by atoms with Crippen molar-refractivity contribution in [3.05, 3.63) is 42.6 Å². The summed E-state index contributed by atoms with van der Waals surface area (Å²) in [4.78, 5) is 21.6. The van der Waals surface area contributed by atoms with E-state index in [1.54, 1.807) is 0 Å². The Kier molecular flexibility index (Phi) is 5.12. The fraction of sp³-hybridized carbons (Fsp3) is 0.455.